The van der Waals surface area contributed by atoms with Crippen LogP contribution in [0.1, 0.15) is 15.2 Å². The molecular weight excluding hydrogens is 314 g/mol. The number of ether oxygens (including phenoxy) is 1. The van der Waals surface area contributed by atoms with Crippen molar-refractivity contribution in [2.24, 2.45) is 0 Å². The summed E-state index contributed by atoms with van der Waals surface area (Å²) in [6, 6.07) is 16.3. The van der Waals surface area contributed by atoms with Gasteiger partial charge >= 0.3 is 5.97 Å². The molecule has 0 aliphatic carbocycles. The highest BCUT2D eigenvalue weighted by molar-refractivity contribution is 8.00. The van der Waals surface area contributed by atoms with Gasteiger partial charge < -0.3 is 9.46 Å². The zero-order valence-corrected chi connectivity index (χ0v) is 13.9. The van der Waals surface area contributed by atoms with Crippen molar-refractivity contribution in [3.05, 3.63) is 59.0 Å². The van der Waals surface area contributed by atoms with Crippen LogP contribution in [0.3, 0.4) is 0 Å². The molecule has 3 nitrogen and oxygen atoms in total. The summed E-state index contributed by atoms with van der Waals surface area (Å²) in [5.41, 5.74) is 2.26. The fourth-order valence-electron chi connectivity index (χ4n) is 2.03. The minimum atomic E-state index is -0.287. The Kier molecular flexibility index (Phi) is 4.36. The van der Waals surface area contributed by atoms with Crippen molar-refractivity contribution in [1.29, 1.82) is 0 Å². The first kappa shape index (κ1) is 14.9. The van der Waals surface area contributed by atoms with E-state index in [0.29, 0.717) is 4.88 Å². The Morgan fingerprint density at radius 3 is 2.64 bits per heavy atom. The number of fused-ring (bicyclic) bond motifs is 1. The van der Waals surface area contributed by atoms with Crippen LogP contribution >= 0.6 is 23.3 Å². The summed E-state index contributed by atoms with van der Waals surface area (Å²) >= 11 is 3.02. The molecule has 0 amide bonds. The average Bonchev–Trinajstić information content (AvgIpc) is 2.96. The first-order chi connectivity index (χ1) is 10.7. The minimum absolute atomic E-state index is 0.287. The summed E-state index contributed by atoms with van der Waals surface area (Å²) in [6.07, 6.45) is 0. The van der Waals surface area contributed by atoms with Crippen molar-refractivity contribution in [3.63, 3.8) is 0 Å². The number of esters is 1. The quantitative estimate of drug-likeness (QED) is 0.533. The summed E-state index contributed by atoms with van der Waals surface area (Å²) in [5.74, 6) is -0.287. The van der Waals surface area contributed by atoms with E-state index in [-0.39, 0.29) is 5.97 Å². The van der Waals surface area contributed by atoms with Gasteiger partial charge in [0, 0.05) is 15.3 Å². The molecule has 0 fully saturated rings. The number of carbonyl (C=O) groups excluding carboxylic acids is 1. The molecule has 1 aromatic heterocycles. The van der Waals surface area contributed by atoms with Crippen LogP contribution in [-0.2, 0) is 4.74 Å². The number of carbonyl (C=O) groups is 1. The lowest BCUT2D eigenvalue weighted by Gasteiger charge is -2.05. The summed E-state index contributed by atoms with van der Waals surface area (Å²) in [5, 5.41) is 1.04. The highest BCUT2D eigenvalue weighted by Gasteiger charge is 2.10. The van der Waals surface area contributed by atoms with Crippen LogP contribution in [0.2, 0.25) is 0 Å². The number of hydrogen-bond acceptors (Lipinski definition) is 5. The molecule has 0 bridgehead atoms. The van der Waals surface area contributed by atoms with Crippen molar-refractivity contribution in [2.45, 2.75) is 11.8 Å². The fourth-order valence-corrected chi connectivity index (χ4v) is 3.63. The van der Waals surface area contributed by atoms with Crippen LogP contribution < -0.4 is 4.72 Å². The molecule has 112 valence electrons. The molecule has 0 spiro atoms. The van der Waals surface area contributed by atoms with E-state index in [0.717, 1.165) is 20.7 Å². The highest BCUT2D eigenvalue weighted by Crippen LogP contribution is 2.30. The van der Waals surface area contributed by atoms with Gasteiger partial charge in [0.25, 0.3) is 0 Å². The second-order valence-electron chi connectivity index (χ2n) is 4.87. The van der Waals surface area contributed by atoms with E-state index in [1.54, 1.807) is 11.9 Å². The third kappa shape index (κ3) is 3.26. The second kappa shape index (κ2) is 6.42. The number of thiophene rings is 1. The van der Waals surface area contributed by atoms with Gasteiger partial charge in [-0.1, -0.05) is 17.7 Å². The van der Waals surface area contributed by atoms with Crippen LogP contribution in [0, 0.1) is 6.92 Å². The lowest BCUT2D eigenvalue weighted by atomic mass is 10.2. The molecule has 0 saturated carbocycles. The molecule has 0 atom stereocenters. The second-order valence-corrected chi connectivity index (χ2v) is 6.84. The Labute approximate surface area is 137 Å². The number of aryl methyl sites for hydroxylation is 1. The normalized spacial score (nSPS) is 10.6. The van der Waals surface area contributed by atoms with Crippen molar-refractivity contribution in [3.8, 4) is 0 Å². The Bertz CT molecular complexity index is 809. The van der Waals surface area contributed by atoms with Gasteiger partial charge in [-0.05, 0) is 60.7 Å². The largest absolute Gasteiger partial charge is 0.465 e. The minimum Gasteiger partial charge on any atom is -0.465 e. The molecule has 0 aliphatic heterocycles. The molecule has 3 rings (SSSR count). The predicted octanol–water partition coefficient (Wildman–Crippen LogP) is 5.12. The lowest BCUT2D eigenvalue weighted by Crippen LogP contribution is -1.96. The Morgan fingerprint density at radius 2 is 1.91 bits per heavy atom. The summed E-state index contributed by atoms with van der Waals surface area (Å²) in [6.45, 7) is 2.07. The van der Waals surface area contributed by atoms with E-state index in [9.17, 15) is 4.79 Å². The molecule has 5 heteroatoms. The number of rotatable bonds is 4. The monoisotopic (exact) mass is 329 g/mol. The molecule has 0 aliphatic rings. The van der Waals surface area contributed by atoms with Crippen molar-refractivity contribution in [1.82, 2.24) is 0 Å². The van der Waals surface area contributed by atoms with E-state index in [1.807, 2.05) is 24.3 Å². The Morgan fingerprint density at radius 1 is 1.14 bits per heavy atom. The molecular formula is C17H15NO2S2. The van der Waals surface area contributed by atoms with E-state index >= 15 is 0 Å². The molecule has 1 N–H and O–H groups in total. The number of nitrogens with one attached hydrogen (secondary N) is 1. The third-order valence-corrected chi connectivity index (χ3v) is 5.15. The third-order valence-electron chi connectivity index (χ3n) is 3.21. The molecule has 22 heavy (non-hydrogen) atoms. The van der Waals surface area contributed by atoms with Crippen LogP contribution in [0.5, 0.6) is 0 Å². The Hall–Kier alpha value is -1.98. The van der Waals surface area contributed by atoms with E-state index in [1.165, 1.54) is 24.0 Å². The van der Waals surface area contributed by atoms with Gasteiger partial charge in [-0.3, -0.25) is 0 Å². The molecule has 0 unspecified atom stereocenters. The molecule has 2 aromatic carbocycles. The van der Waals surface area contributed by atoms with Crippen LogP contribution in [-0.4, -0.2) is 13.1 Å². The first-order valence-electron chi connectivity index (χ1n) is 6.77. The molecule has 0 saturated heterocycles. The van der Waals surface area contributed by atoms with E-state index in [4.69, 9.17) is 4.74 Å². The zero-order valence-electron chi connectivity index (χ0n) is 12.3. The van der Waals surface area contributed by atoms with Gasteiger partial charge in [-0.2, -0.15) is 0 Å². The van der Waals surface area contributed by atoms with Gasteiger partial charge in [0.2, 0.25) is 0 Å². The molecule has 0 radical (unpaired) electrons. The predicted molar refractivity (Wildman–Crippen MR) is 93.8 cm³/mol. The first-order valence-corrected chi connectivity index (χ1v) is 8.40. The zero-order chi connectivity index (χ0) is 15.5. The lowest BCUT2D eigenvalue weighted by molar-refractivity contribution is 0.0606. The SMILES string of the molecule is COC(=O)c1cc2cc(NSc3ccc(C)cc3)ccc2s1. The Balaban J connectivity index is 1.76. The maximum Gasteiger partial charge on any atom is 0.348 e. The number of methoxy groups -OCH3 is 1. The van der Waals surface area contributed by atoms with Gasteiger partial charge in [-0.25, -0.2) is 4.79 Å². The number of benzene rings is 2. The maximum atomic E-state index is 11.6. The van der Waals surface area contributed by atoms with E-state index in [2.05, 4.69) is 35.9 Å². The van der Waals surface area contributed by atoms with Gasteiger partial charge in [0.15, 0.2) is 0 Å². The summed E-state index contributed by atoms with van der Waals surface area (Å²) in [4.78, 5) is 13.4. The highest BCUT2D eigenvalue weighted by atomic mass is 32.2. The topological polar surface area (TPSA) is 38.3 Å². The number of hydrogen-bond donors (Lipinski definition) is 1. The molecule has 3 aromatic rings. The fraction of sp³-hybridized carbons (Fsp3) is 0.118. The number of anilines is 1. The van der Waals surface area contributed by atoms with E-state index < -0.39 is 0 Å². The summed E-state index contributed by atoms with van der Waals surface area (Å²) in [7, 11) is 1.40. The van der Waals surface area contributed by atoms with Crippen LogP contribution in [0.4, 0.5) is 5.69 Å². The average molecular weight is 329 g/mol. The summed E-state index contributed by atoms with van der Waals surface area (Å²) < 4.78 is 9.17. The van der Waals surface area contributed by atoms with Gasteiger partial charge in [0.1, 0.15) is 4.88 Å². The van der Waals surface area contributed by atoms with Crippen LogP contribution in [0.15, 0.2) is 53.4 Å². The van der Waals surface area contributed by atoms with Crippen LogP contribution in [0.25, 0.3) is 10.1 Å². The van der Waals surface area contributed by atoms with Crippen molar-refractivity contribution >= 4 is 45.0 Å². The van der Waals surface area contributed by atoms with Gasteiger partial charge in [0.05, 0.1) is 7.11 Å². The standard InChI is InChI=1S/C17H15NO2S2/c1-11-3-6-14(7-4-11)22-18-13-5-8-15-12(9-13)10-16(21-15)17(19)20-2/h3-10,18H,1-2H3. The van der Waals surface area contributed by atoms with Crippen molar-refractivity contribution < 1.29 is 9.53 Å². The maximum absolute atomic E-state index is 11.6. The van der Waals surface area contributed by atoms with Crippen molar-refractivity contribution in [2.75, 3.05) is 11.8 Å². The molecule has 1 heterocycles. The van der Waals surface area contributed by atoms with Gasteiger partial charge in [-0.15, -0.1) is 11.3 Å². The smallest absolute Gasteiger partial charge is 0.348 e.